The largest absolute Gasteiger partial charge is 0.308 e. The summed E-state index contributed by atoms with van der Waals surface area (Å²) in [5, 5.41) is 10.6. The molecule has 6 nitrogen and oxygen atoms in total. The fourth-order valence-electron chi connectivity index (χ4n) is 3.67. The minimum Gasteiger partial charge on any atom is -0.308 e. The second-order valence-corrected chi connectivity index (χ2v) is 7.56. The lowest BCUT2D eigenvalue weighted by Crippen LogP contribution is -2.39. The quantitative estimate of drug-likeness (QED) is 0.679. The van der Waals surface area contributed by atoms with Crippen molar-refractivity contribution >= 4 is 21.6 Å². The predicted molar refractivity (Wildman–Crippen MR) is 96.4 cm³/mol. The Morgan fingerprint density at radius 3 is 2.96 bits per heavy atom. The Kier molecular flexibility index (Phi) is 3.77. The van der Waals surface area contributed by atoms with Crippen molar-refractivity contribution in [1.29, 1.82) is 0 Å². The third-order valence-electron chi connectivity index (χ3n) is 4.85. The first-order valence-corrected chi connectivity index (χ1v) is 9.24. The molecule has 1 aliphatic rings. The van der Waals surface area contributed by atoms with Gasteiger partial charge in [0.1, 0.15) is 10.5 Å². The van der Waals surface area contributed by atoms with Gasteiger partial charge >= 0.3 is 0 Å². The maximum absolute atomic E-state index is 12.6. The van der Waals surface area contributed by atoms with Gasteiger partial charge < -0.3 is 10.3 Å². The molecule has 126 valence electrons. The molecule has 7 heteroatoms. The molecule has 1 atom stereocenters. The Hall–Kier alpha value is -1.99. The van der Waals surface area contributed by atoms with Crippen molar-refractivity contribution in [1.82, 2.24) is 25.5 Å². The second-order valence-electron chi connectivity index (χ2n) is 6.51. The summed E-state index contributed by atoms with van der Waals surface area (Å²) in [6.07, 6.45) is 5.97. The number of hydrogen-bond donors (Lipinski definition) is 3. The van der Waals surface area contributed by atoms with Crippen molar-refractivity contribution in [2.24, 2.45) is 0 Å². The van der Waals surface area contributed by atoms with Crippen LogP contribution in [0.15, 0.2) is 17.1 Å². The standard InChI is InChI=1S/C17H21N5OS/c1-3-5-17(6-4-7-18-17)16-20-12-8-13(11-9-19-22-10(11)2)24-14(12)15(23)21-16/h8-9,18H,3-7H2,1-2H3,(H,19,22)(H,20,21,23). The van der Waals surface area contributed by atoms with E-state index in [2.05, 4.69) is 27.4 Å². The molecule has 0 aromatic carbocycles. The van der Waals surface area contributed by atoms with E-state index in [0.29, 0.717) is 4.70 Å². The second kappa shape index (κ2) is 5.82. The summed E-state index contributed by atoms with van der Waals surface area (Å²) in [6, 6.07) is 2.01. The van der Waals surface area contributed by atoms with Crippen LogP contribution in [0, 0.1) is 6.92 Å². The fraction of sp³-hybridized carbons (Fsp3) is 0.471. The van der Waals surface area contributed by atoms with Crippen LogP contribution in [0.5, 0.6) is 0 Å². The predicted octanol–water partition coefficient (Wildman–Crippen LogP) is 3.06. The summed E-state index contributed by atoms with van der Waals surface area (Å²) in [7, 11) is 0. The van der Waals surface area contributed by atoms with Crippen molar-refractivity contribution in [2.45, 2.75) is 45.1 Å². The summed E-state index contributed by atoms with van der Waals surface area (Å²) >= 11 is 1.47. The first kappa shape index (κ1) is 15.5. The maximum atomic E-state index is 12.6. The number of nitrogens with one attached hydrogen (secondary N) is 3. The molecule has 0 amide bonds. The van der Waals surface area contributed by atoms with E-state index in [4.69, 9.17) is 4.98 Å². The van der Waals surface area contributed by atoms with Crippen LogP contribution < -0.4 is 10.9 Å². The minimum atomic E-state index is -0.185. The zero-order valence-electron chi connectivity index (χ0n) is 13.9. The summed E-state index contributed by atoms with van der Waals surface area (Å²) in [5.41, 5.74) is 2.57. The Morgan fingerprint density at radius 1 is 1.42 bits per heavy atom. The molecule has 4 heterocycles. The van der Waals surface area contributed by atoms with Crippen LogP contribution in [0.3, 0.4) is 0 Å². The third-order valence-corrected chi connectivity index (χ3v) is 6.01. The Labute approximate surface area is 143 Å². The summed E-state index contributed by atoms with van der Waals surface area (Å²) in [5.74, 6) is 0.785. The molecule has 0 bridgehead atoms. The molecule has 1 aliphatic heterocycles. The molecular formula is C17H21N5OS. The van der Waals surface area contributed by atoms with Gasteiger partial charge in [-0.25, -0.2) is 4.98 Å². The van der Waals surface area contributed by atoms with Crippen LogP contribution in [-0.2, 0) is 5.54 Å². The highest BCUT2D eigenvalue weighted by Crippen LogP contribution is 2.36. The molecule has 0 radical (unpaired) electrons. The van der Waals surface area contributed by atoms with Crippen LogP contribution >= 0.6 is 11.3 Å². The average Bonchev–Trinajstić information content (AvgIpc) is 3.26. The van der Waals surface area contributed by atoms with Gasteiger partial charge in [-0.1, -0.05) is 13.3 Å². The number of hydrogen-bond acceptors (Lipinski definition) is 5. The van der Waals surface area contributed by atoms with E-state index in [1.807, 2.05) is 13.0 Å². The maximum Gasteiger partial charge on any atom is 0.268 e. The van der Waals surface area contributed by atoms with Gasteiger partial charge in [0, 0.05) is 16.1 Å². The molecule has 1 fully saturated rings. The summed E-state index contributed by atoms with van der Waals surface area (Å²) in [6.45, 7) is 5.13. The first-order valence-electron chi connectivity index (χ1n) is 8.43. The number of fused-ring (bicyclic) bond motifs is 1. The summed E-state index contributed by atoms with van der Waals surface area (Å²) in [4.78, 5) is 21.5. The van der Waals surface area contributed by atoms with Crippen molar-refractivity contribution in [3.8, 4) is 10.4 Å². The van der Waals surface area contributed by atoms with Gasteiger partial charge in [0.15, 0.2) is 0 Å². The minimum absolute atomic E-state index is 0.0448. The SMILES string of the molecule is CCCC1(c2nc3cc(-c4cn[nH]c4C)sc3c(=O)[nH]2)CCCN1. The van der Waals surface area contributed by atoms with E-state index in [1.54, 1.807) is 6.20 Å². The first-order chi connectivity index (χ1) is 11.6. The molecular weight excluding hydrogens is 322 g/mol. The number of H-pyrrole nitrogens is 2. The van der Waals surface area contributed by atoms with Crippen molar-refractivity contribution < 1.29 is 0 Å². The zero-order valence-corrected chi connectivity index (χ0v) is 14.7. The van der Waals surface area contributed by atoms with Gasteiger partial charge in [-0.2, -0.15) is 5.10 Å². The Balaban J connectivity index is 1.85. The Bertz CT molecular complexity index is 932. The normalized spacial score (nSPS) is 20.9. The van der Waals surface area contributed by atoms with Crippen molar-refractivity contribution in [2.75, 3.05) is 6.54 Å². The van der Waals surface area contributed by atoms with E-state index in [1.165, 1.54) is 11.3 Å². The van der Waals surface area contributed by atoms with Crippen molar-refractivity contribution in [3.63, 3.8) is 0 Å². The third kappa shape index (κ3) is 2.39. The molecule has 4 rings (SSSR count). The number of aryl methyl sites for hydroxylation is 1. The van der Waals surface area contributed by atoms with Gasteiger partial charge in [-0.3, -0.25) is 9.89 Å². The van der Waals surface area contributed by atoms with E-state index in [0.717, 1.165) is 59.7 Å². The highest BCUT2D eigenvalue weighted by atomic mass is 32.1. The lowest BCUT2D eigenvalue weighted by atomic mass is 9.91. The Morgan fingerprint density at radius 2 is 2.29 bits per heavy atom. The molecule has 0 saturated carbocycles. The lowest BCUT2D eigenvalue weighted by molar-refractivity contribution is 0.335. The van der Waals surface area contributed by atoms with Crippen LogP contribution in [0.25, 0.3) is 20.7 Å². The average molecular weight is 343 g/mol. The molecule has 3 N–H and O–H groups in total. The molecule has 1 saturated heterocycles. The number of thiophene rings is 1. The van der Waals surface area contributed by atoms with Crippen LogP contribution in [0.1, 0.15) is 44.1 Å². The number of nitrogens with zero attached hydrogens (tertiary/aromatic N) is 2. The van der Waals surface area contributed by atoms with E-state index >= 15 is 0 Å². The molecule has 0 spiro atoms. The van der Waals surface area contributed by atoms with Crippen LogP contribution in [-0.4, -0.2) is 26.7 Å². The highest BCUT2D eigenvalue weighted by molar-refractivity contribution is 7.22. The molecule has 0 aliphatic carbocycles. The smallest absolute Gasteiger partial charge is 0.268 e. The molecule has 3 aromatic heterocycles. The van der Waals surface area contributed by atoms with Crippen LogP contribution in [0.4, 0.5) is 0 Å². The summed E-state index contributed by atoms with van der Waals surface area (Å²) < 4.78 is 0.680. The van der Waals surface area contributed by atoms with E-state index < -0.39 is 0 Å². The monoisotopic (exact) mass is 343 g/mol. The van der Waals surface area contributed by atoms with Gasteiger partial charge in [0.05, 0.1) is 17.3 Å². The number of aromatic amines is 2. The molecule has 3 aromatic rings. The van der Waals surface area contributed by atoms with Gasteiger partial charge in [-0.05, 0) is 38.8 Å². The van der Waals surface area contributed by atoms with E-state index in [9.17, 15) is 4.79 Å². The van der Waals surface area contributed by atoms with Crippen molar-refractivity contribution in [3.05, 3.63) is 34.1 Å². The lowest BCUT2D eigenvalue weighted by Gasteiger charge is -2.28. The topological polar surface area (TPSA) is 86.5 Å². The number of aromatic nitrogens is 4. The van der Waals surface area contributed by atoms with E-state index in [-0.39, 0.29) is 11.1 Å². The molecule has 24 heavy (non-hydrogen) atoms. The highest BCUT2D eigenvalue weighted by Gasteiger charge is 2.37. The molecule has 1 unspecified atom stereocenters. The van der Waals surface area contributed by atoms with Gasteiger partial charge in [-0.15, -0.1) is 11.3 Å². The van der Waals surface area contributed by atoms with Crippen LogP contribution in [0.2, 0.25) is 0 Å². The van der Waals surface area contributed by atoms with Gasteiger partial charge in [0.2, 0.25) is 0 Å². The van der Waals surface area contributed by atoms with Gasteiger partial charge in [0.25, 0.3) is 5.56 Å². The zero-order chi connectivity index (χ0) is 16.7. The number of rotatable bonds is 4. The fourth-order valence-corrected chi connectivity index (χ4v) is 4.72.